The largest absolute Gasteiger partial charge is 0.478 e. The number of aromatic carboxylic acids is 1. The minimum Gasteiger partial charge on any atom is -0.478 e. The van der Waals surface area contributed by atoms with Crippen molar-refractivity contribution in [3.63, 3.8) is 0 Å². The van der Waals surface area contributed by atoms with Gasteiger partial charge in [-0.3, -0.25) is 14.4 Å². The molecule has 2 atom stereocenters. The summed E-state index contributed by atoms with van der Waals surface area (Å²) in [5.41, 5.74) is 2.57. The minimum absolute atomic E-state index is 0.0326. The second kappa shape index (κ2) is 13.8. The maximum Gasteiger partial charge on any atom is 0.335 e. The van der Waals surface area contributed by atoms with E-state index in [0.717, 1.165) is 0 Å². The number of hydrogen-bond donors (Lipinski definition) is 3. The van der Waals surface area contributed by atoms with Gasteiger partial charge in [-0.25, -0.2) is 9.18 Å². The summed E-state index contributed by atoms with van der Waals surface area (Å²) in [6.45, 7) is 3.98. The molecule has 3 amide bonds. The fraction of sp³-hybridized carbons (Fsp3) is 0.242. The first-order chi connectivity index (χ1) is 22.0. The number of carboxylic acid groups (broad SMARTS) is 1. The summed E-state index contributed by atoms with van der Waals surface area (Å²) in [7, 11) is 0. The number of anilines is 2. The minimum atomic E-state index is -1.14. The van der Waals surface area contributed by atoms with E-state index in [2.05, 4.69) is 26.1 Å². The van der Waals surface area contributed by atoms with Crippen LogP contribution in [-0.4, -0.2) is 46.5 Å². The summed E-state index contributed by atoms with van der Waals surface area (Å²) in [5.74, 6) is -3.03. The predicted molar refractivity (Wildman–Crippen MR) is 171 cm³/mol. The first kappa shape index (κ1) is 32.2. The molecule has 3 N–H and O–H groups in total. The predicted octanol–water partition coefficient (Wildman–Crippen LogP) is 6.43. The van der Waals surface area contributed by atoms with Crippen molar-refractivity contribution in [1.29, 1.82) is 0 Å². The maximum absolute atomic E-state index is 15.2. The number of carboxylic acids is 1. The lowest BCUT2D eigenvalue weighted by Gasteiger charge is -2.36. The van der Waals surface area contributed by atoms with Crippen molar-refractivity contribution in [3.05, 3.63) is 99.3 Å². The number of hydrogen-bond acceptors (Lipinski definition) is 7. The Morgan fingerprint density at radius 1 is 1.07 bits per heavy atom. The van der Waals surface area contributed by atoms with Crippen LogP contribution in [0.1, 0.15) is 65.0 Å². The van der Waals surface area contributed by atoms with Crippen molar-refractivity contribution in [1.82, 2.24) is 4.90 Å². The molecule has 0 radical (unpaired) electrons. The molecule has 0 fully saturated rings. The van der Waals surface area contributed by atoms with E-state index in [1.54, 1.807) is 24.3 Å². The van der Waals surface area contributed by atoms with Gasteiger partial charge in [0.25, 0.3) is 5.91 Å². The molecule has 3 aromatic carbocycles. The van der Waals surface area contributed by atoms with Crippen LogP contribution in [-0.2, 0) is 20.8 Å². The lowest BCUT2D eigenvalue weighted by atomic mass is 9.90. The van der Waals surface area contributed by atoms with E-state index in [1.165, 1.54) is 53.6 Å². The van der Waals surface area contributed by atoms with Crippen LogP contribution in [0, 0.1) is 11.7 Å². The molecule has 3 aromatic rings. The molecule has 236 valence electrons. The van der Waals surface area contributed by atoms with Gasteiger partial charge < -0.3 is 20.6 Å². The number of nitrogens with one attached hydrogen (secondary N) is 2. The molecule has 2 aliphatic heterocycles. The molecule has 0 saturated carbocycles. The van der Waals surface area contributed by atoms with E-state index < -0.39 is 35.7 Å². The molecule has 0 saturated heterocycles. The smallest absolute Gasteiger partial charge is 0.335 e. The van der Waals surface area contributed by atoms with Crippen LogP contribution in [0.15, 0.2) is 76.1 Å². The summed E-state index contributed by atoms with van der Waals surface area (Å²) in [4.78, 5) is 53.0. The summed E-state index contributed by atoms with van der Waals surface area (Å²) >= 11 is 6.05. The normalized spacial score (nSPS) is 16.9. The van der Waals surface area contributed by atoms with Gasteiger partial charge in [-0.1, -0.05) is 43.6 Å². The van der Waals surface area contributed by atoms with Gasteiger partial charge in [0.15, 0.2) is 0 Å². The number of halogens is 2. The SMILES string of the molecule is CC(C)CC(=O)Nc1cccc2c1CCN(C(=O)/C=C/c1c(C3C=NN=N3)ccc(Cl)c1F)[C@H]2C(=O)Nc1ccc(C(=O)O)cc1. The second-order valence-corrected chi connectivity index (χ2v) is 11.6. The van der Waals surface area contributed by atoms with E-state index in [0.29, 0.717) is 40.9 Å². The van der Waals surface area contributed by atoms with Gasteiger partial charge in [-0.05, 0) is 76.7 Å². The summed E-state index contributed by atoms with van der Waals surface area (Å²) < 4.78 is 15.2. The van der Waals surface area contributed by atoms with Gasteiger partial charge in [0, 0.05) is 36.0 Å². The number of carbonyl (C=O) groups excluding carboxylic acids is 3. The zero-order valence-corrected chi connectivity index (χ0v) is 25.7. The van der Waals surface area contributed by atoms with Crippen LogP contribution < -0.4 is 10.6 Å². The van der Waals surface area contributed by atoms with Gasteiger partial charge in [-0.2, -0.15) is 5.11 Å². The van der Waals surface area contributed by atoms with Gasteiger partial charge in [-0.15, -0.1) is 5.10 Å². The summed E-state index contributed by atoms with van der Waals surface area (Å²) in [6, 6.07) is 11.9. The molecule has 5 rings (SSSR count). The van der Waals surface area contributed by atoms with Crippen LogP contribution in [0.2, 0.25) is 5.02 Å². The molecular formula is C33H30ClFN6O5. The lowest BCUT2D eigenvalue weighted by Crippen LogP contribution is -2.45. The Balaban J connectivity index is 1.49. The van der Waals surface area contributed by atoms with Crippen LogP contribution in [0.3, 0.4) is 0 Å². The molecule has 0 spiro atoms. The van der Waals surface area contributed by atoms with E-state index in [-0.39, 0.29) is 34.5 Å². The number of fused-ring (bicyclic) bond motifs is 1. The Labute approximate surface area is 268 Å². The topological polar surface area (TPSA) is 153 Å². The highest BCUT2D eigenvalue weighted by atomic mass is 35.5. The molecule has 0 bridgehead atoms. The molecule has 1 unspecified atom stereocenters. The van der Waals surface area contributed by atoms with Crippen molar-refractivity contribution in [2.24, 2.45) is 21.4 Å². The Morgan fingerprint density at radius 3 is 2.50 bits per heavy atom. The van der Waals surface area contributed by atoms with Crippen LogP contribution in [0.25, 0.3) is 6.08 Å². The Bertz CT molecular complexity index is 1780. The Morgan fingerprint density at radius 2 is 1.83 bits per heavy atom. The number of benzene rings is 3. The van der Waals surface area contributed by atoms with E-state index >= 15 is 4.39 Å². The summed E-state index contributed by atoms with van der Waals surface area (Å²) in [6.07, 6.45) is 4.54. The third-order valence-electron chi connectivity index (χ3n) is 7.53. The second-order valence-electron chi connectivity index (χ2n) is 11.2. The molecule has 0 aliphatic carbocycles. The van der Waals surface area contributed by atoms with Gasteiger partial charge in [0.2, 0.25) is 11.8 Å². The zero-order valence-electron chi connectivity index (χ0n) is 24.9. The first-order valence-corrected chi connectivity index (χ1v) is 14.9. The highest BCUT2D eigenvalue weighted by Crippen LogP contribution is 2.36. The van der Waals surface area contributed by atoms with Gasteiger partial charge in [0.05, 0.1) is 16.8 Å². The van der Waals surface area contributed by atoms with Crippen molar-refractivity contribution in [2.75, 3.05) is 17.2 Å². The van der Waals surface area contributed by atoms with Crippen LogP contribution >= 0.6 is 11.6 Å². The average Bonchev–Trinajstić information content (AvgIpc) is 3.56. The molecule has 11 nitrogen and oxygen atoms in total. The van der Waals surface area contributed by atoms with Crippen molar-refractivity contribution in [3.8, 4) is 0 Å². The monoisotopic (exact) mass is 644 g/mol. The molecule has 2 aliphatic rings. The van der Waals surface area contributed by atoms with Crippen molar-refractivity contribution < 1.29 is 28.7 Å². The fourth-order valence-electron chi connectivity index (χ4n) is 5.39. The van der Waals surface area contributed by atoms with Crippen LogP contribution in [0.4, 0.5) is 15.8 Å². The standard InChI is InChI=1S/C33H30ClFN6O5/c1-18(2)16-28(42)38-26-5-3-4-24-22(26)14-15-41(31(24)32(44)37-20-8-6-19(7-9-20)33(45)46)29(43)13-11-23-21(27-17-36-40-39-27)10-12-25(34)30(23)35/h3-13,17-18,27,31H,14-16H2,1-2H3,(H,37,44)(H,38,42)(H,45,46)/b13-11+/t27?,31-/m1/s1. The van der Waals surface area contributed by atoms with Gasteiger partial charge in [0.1, 0.15) is 17.9 Å². The average molecular weight is 645 g/mol. The zero-order chi connectivity index (χ0) is 33.0. The van der Waals surface area contributed by atoms with E-state index in [4.69, 9.17) is 11.6 Å². The number of nitrogens with zero attached hydrogens (tertiary/aromatic N) is 4. The fourth-order valence-corrected chi connectivity index (χ4v) is 5.56. The highest BCUT2D eigenvalue weighted by molar-refractivity contribution is 6.31. The van der Waals surface area contributed by atoms with Crippen molar-refractivity contribution >= 4 is 59.0 Å². The first-order valence-electron chi connectivity index (χ1n) is 14.5. The molecule has 2 heterocycles. The Kier molecular flexibility index (Phi) is 9.67. The Hall–Kier alpha value is -5.23. The van der Waals surface area contributed by atoms with Crippen molar-refractivity contribution in [2.45, 2.75) is 38.8 Å². The third kappa shape index (κ3) is 7.02. The summed E-state index contributed by atoms with van der Waals surface area (Å²) in [5, 5.41) is 26.1. The molecule has 0 aromatic heterocycles. The third-order valence-corrected chi connectivity index (χ3v) is 7.82. The lowest BCUT2D eigenvalue weighted by molar-refractivity contribution is -0.135. The molecule has 46 heavy (non-hydrogen) atoms. The molecule has 13 heteroatoms. The van der Waals surface area contributed by atoms with E-state index in [1.807, 2.05) is 13.8 Å². The molecular weight excluding hydrogens is 615 g/mol. The van der Waals surface area contributed by atoms with Crippen LogP contribution in [0.5, 0.6) is 0 Å². The number of amides is 3. The quantitative estimate of drug-likeness (QED) is 0.229. The maximum atomic E-state index is 15.2. The number of rotatable bonds is 9. The number of carbonyl (C=O) groups is 4. The van der Waals surface area contributed by atoms with Gasteiger partial charge >= 0.3 is 5.97 Å². The van der Waals surface area contributed by atoms with E-state index in [9.17, 15) is 24.3 Å². The highest BCUT2D eigenvalue weighted by Gasteiger charge is 2.36.